The standard InChI is InChI=1S/C67H126O6/c1-4-7-10-13-16-19-22-25-28-30-32-33-35-37-40-42-45-48-51-54-57-60-66(69)72-63-64(73-67(70)61-58-55-52-49-46-43-38-27-24-21-18-15-12-9-6-3)62-71-65(68)59-56-53-50-47-44-41-39-36-34-31-29-26-23-20-17-14-11-8-5-2/h21,24,26,29,64H,4-20,22-23,25,27-28,30-63H2,1-3H3/b24-21-,29-26-/t64-/m1/s1. The van der Waals surface area contributed by atoms with Gasteiger partial charge in [0, 0.05) is 19.3 Å². The number of carbonyl (C=O) groups excluding carboxylic acids is 3. The van der Waals surface area contributed by atoms with Crippen LogP contribution in [0.5, 0.6) is 0 Å². The van der Waals surface area contributed by atoms with Gasteiger partial charge in [-0.1, -0.05) is 302 Å². The number of esters is 3. The second kappa shape index (κ2) is 62.4. The van der Waals surface area contributed by atoms with Crippen LogP contribution in [0.25, 0.3) is 0 Å². The van der Waals surface area contributed by atoms with Crippen LogP contribution in [0.1, 0.15) is 367 Å². The van der Waals surface area contributed by atoms with E-state index in [2.05, 4.69) is 45.1 Å². The summed E-state index contributed by atoms with van der Waals surface area (Å²) in [7, 11) is 0. The highest BCUT2D eigenvalue weighted by Crippen LogP contribution is 2.18. The first-order chi connectivity index (χ1) is 36.0. The van der Waals surface area contributed by atoms with Crippen molar-refractivity contribution in [2.45, 2.75) is 374 Å². The summed E-state index contributed by atoms with van der Waals surface area (Å²) in [5, 5.41) is 0. The first kappa shape index (κ1) is 70.9. The van der Waals surface area contributed by atoms with Gasteiger partial charge in [-0.3, -0.25) is 14.4 Å². The predicted octanol–water partition coefficient (Wildman–Crippen LogP) is 22.2. The normalized spacial score (nSPS) is 12.1. The van der Waals surface area contributed by atoms with Crippen molar-refractivity contribution in [1.82, 2.24) is 0 Å². The molecule has 0 aliphatic heterocycles. The third kappa shape index (κ3) is 60.6. The van der Waals surface area contributed by atoms with Gasteiger partial charge in [-0.2, -0.15) is 0 Å². The number of ether oxygens (including phenoxy) is 3. The first-order valence-electron chi connectivity index (χ1n) is 32.8. The van der Waals surface area contributed by atoms with Crippen LogP contribution in [0.4, 0.5) is 0 Å². The fraction of sp³-hybridized carbons (Fsp3) is 0.896. The van der Waals surface area contributed by atoms with Gasteiger partial charge in [-0.25, -0.2) is 0 Å². The smallest absolute Gasteiger partial charge is 0.306 e. The molecule has 430 valence electrons. The van der Waals surface area contributed by atoms with E-state index >= 15 is 0 Å². The van der Waals surface area contributed by atoms with E-state index < -0.39 is 6.10 Å². The predicted molar refractivity (Wildman–Crippen MR) is 316 cm³/mol. The molecule has 0 amide bonds. The molecule has 0 unspecified atom stereocenters. The maximum absolute atomic E-state index is 12.9. The van der Waals surface area contributed by atoms with E-state index in [1.165, 1.54) is 270 Å². The molecule has 0 fully saturated rings. The monoisotopic (exact) mass is 1030 g/mol. The highest BCUT2D eigenvalue weighted by molar-refractivity contribution is 5.71. The first-order valence-corrected chi connectivity index (χ1v) is 32.8. The Labute approximate surface area is 455 Å². The van der Waals surface area contributed by atoms with Crippen molar-refractivity contribution in [2.75, 3.05) is 13.2 Å². The number of allylic oxidation sites excluding steroid dienone is 4. The van der Waals surface area contributed by atoms with E-state index in [9.17, 15) is 14.4 Å². The summed E-state index contributed by atoms with van der Waals surface area (Å²) in [5.74, 6) is -0.847. The molecule has 0 aromatic rings. The van der Waals surface area contributed by atoms with Gasteiger partial charge in [0.2, 0.25) is 0 Å². The lowest BCUT2D eigenvalue weighted by atomic mass is 10.0. The Morgan fingerprint density at radius 2 is 0.452 bits per heavy atom. The second-order valence-corrected chi connectivity index (χ2v) is 22.4. The molecule has 0 N–H and O–H groups in total. The van der Waals surface area contributed by atoms with E-state index in [0.29, 0.717) is 19.3 Å². The number of unbranched alkanes of at least 4 members (excludes halogenated alkanes) is 46. The number of hydrogen-bond donors (Lipinski definition) is 0. The maximum atomic E-state index is 12.9. The Hall–Kier alpha value is -2.11. The van der Waals surface area contributed by atoms with Crippen molar-refractivity contribution < 1.29 is 28.6 Å². The van der Waals surface area contributed by atoms with Gasteiger partial charge in [-0.15, -0.1) is 0 Å². The summed E-state index contributed by atoms with van der Waals surface area (Å²) < 4.78 is 17.0. The van der Waals surface area contributed by atoms with Crippen molar-refractivity contribution in [1.29, 1.82) is 0 Å². The Bertz CT molecular complexity index is 1180. The van der Waals surface area contributed by atoms with Crippen LogP contribution < -0.4 is 0 Å². The van der Waals surface area contributed by atoms with E-state index in [4.69, 9.17) is 14.2 Å². The molecule has 0 aromatic heterocycles. The van der Waals surface area contributed by atoms with Gasteiger partial charge < -0.3 is 14.2 Å². The number of rotatable bonds is 61. The molecule has 0 aromatic carbocycles. The van der Waals surface area contributed by atoms with E-state index in [0.717, 1.165) is 57.8 Å². The molecule has 0 rings (SSSR count). The van der Waals surface area contributed by atoms with Crippen LogP contribution in [0.15, 0.2) is 24.3 Å². The molecule has 0 bridgehead atoms. The average molecular weight is 1030 g/mol. The topological polar surface area (TPSA) is 78.9 Å². The molecule has 0 heterocycles. The minimum Gasteiger partial charge on any atom is -0.462 e. The van der Waals surface area contributed by atoms with Crippen molar-refractivity contribution in [3.05, 3.63) is 24.3 Å². The molecular formula is C67H126O6. The zero-order valence-corrected chi connectivity index (χ0v) is 49.4. The molecule has 0 aliphatic carbocycles. The Morgan fingerprint density at radius 3 is 0.699 bits per heavy atom. The SMILES string of the molecule is CCCCCC/C=C\CCCCCCCCCC(=O)O[C@H](COC(=O)CCCCCCCCCCC/C=C\CCCCCCCC)COC(=O)CCCCCCCCCCCCCCCCCCCCCCC. The summed E-state index contributed by atoms with van der Waals surface area (Å²) in [6.45, 7) is 6.69. The molecule has 73 heavy (non-hydrogen) atoms. The minimum atomic E-state index is -0.772. The molecule has 0 aliphatic rings. The highest BCUT2D eigenvalue weighted by Gasteiger charge is 2.19. The lowest BCUT2D eigenvalue weighted by Gasteiger charge is -2.18. The highest BCUT2D eigenvalue weighted by atomic mass is 16.6. The average Bonchev–Trinajstić information content (AvgIpc) is 3.39. The van der Waals surface area contributed by atoms with Crippen molar-refractivity contribution >= 4 is 17.9 Å². The van der Waals surface area contributed by atoms with Gasteiger partial charge in [-0.05, 0) is 70.6 Å². The summed E-state index contributed by atoms with van der Waals surface area (Å²) >= 11 is 0. The van der Waals surface area contributed by atoms with E-state index in [1.807, 2.05) is 0 Å². The fourth-order valence-electron chi connectivity index (χ4n) is 9.97. The lowest BCUT2D eigenvalue weighted by Crippen LogP contribution is -2.30. The fourth-order valence-corrected chi connectivity index (χ4v) is 9.97. The van der Waals surface area contributed by atoms with E-state index in [-0.39, 0.29) is 31.1 Å². The van der Waals surface area contributed by atoms with Crippen LogP contribution in [0, 0.1) is 0 Å². The molecule has 0 spiro atoms. The zero-order chi connectivity index (χ0) is 52.9. The van der Waals surface area contributed by atoms with E-state index in [1.54, 1.807) is 0 Å². The van der Waals surface area contributed by atoms with Gasteiger partial charge in [0.15, 0.2) is 6.10 Å². The number of hydrogen-bond acceptors (Lipinski definition) is 6. The summed E-state index contributed by atoms with van der Waals surface area (Å²) in [6, 6.07) is 0. The minimum absolute atomic E-state index is 0.0683. The summed E-state index contributed by atoms with van der Waals surface area (Å²) in [4.78, 5) is 38.3. The molecular weight excluding hydrogens is 901 g/mol. The number of carbonyl (C=O) groups is 3. The molecule has 0 radical (unpaired) electrons. The summed E-state index contributed by atoms with van der Waals surface area (Å²) in [5.41, 5.74) is 0. The van der Waals surface area contributed by atoms with Crippen LogP contribution in [-0.2, 0) is 28.6 Å². The second-order valence-electron chi connectivity index (χ2n) is 22.4. The molecule has 6 heteroatoms. The molecule has 1 atom stereocenters. The van der Waals surface area contributed by atoms with Crippen LogP contribution >= 0.6 is 0 Å². The van der Waals surface area contributed by atoms with Gasteiger partial charge in [0.1, 0.15) is 13.2 Å². The van der Waals surface area contributed by atoms with Crippen LogP contribution in [-0.4, -0.2) is 37.2 Å². The van der Waals surface area contributed by atoms with Gasteiger partial charge in [0.05, 0.1) is 0 Å². The maximum Gasteiger partial charge on any atom is 0.306 e. The molecule has 0 saturated carbocycles. The molecule has 0 saturated heterocycles. The van der Waals surface area contributed by atoms with Crippen LogP contribution in [0.2, 0.25) is 0 Å². The van der Waals surface area contributed by atoms with Gasteiger partial charge >= 0.3 is 17.9 Å². The van der Waals surface area contributed by atoms with Crippen molar-refractivity contribution in [3.63, 3.8) is 0 Å². The third-order valence-corrected chi connectivity index (χ3v) is 14.9. The lowest BCUT2D eigenvalue weighted by molar-refractivity contribution is -0.167. The van der Waals surface area contributed by atoms with Crippen molar-refractivity contribution in [2.24, 2.45) is 0 Å². The summed E-state index contributed by atoms with van der Waals surface area (Å²) in [6.07, 6.45) is 74.7. The Kier molecular flexibility index (Phi) is 60.6. The van der Waals surface area contributed by atoms with Crippen LogP contribution in [0.3, 0.4) is 0 Å². The van der Waals surface area contributed by atoms with Crippen molar-refractivity contribution in [3.8, 4) is 0 Å². The zero-order valence-electron chi connectivity index (χ0n) is 49.4. The largest absolute Gasteiger partial charge is 0.462 e. The Balaban J connectivity index is 4.28. The van der Waals surface area contributed by atoms with Gasteiger partial charge in [0.25, 0.3) is 0 Å². The quantitative estimate of drug-likeness (QED) is 0.0261. The Morgan fingerprint density at radius 1 is 0.260 bits per heavy atom. The third-order valence-electron chi connectivity index (χ3n) is 14.9. The molecule has 6 nitrogen and oxygen atoms in total.